The number of aliphatic hydroxyl groups is 1. The van der Waals surface area contributed by atoms with Crippen molar-refractivity contribution in [3.63, 3.8) is 0 Å². The molecule has 0 aliphatic heterocycles. The van der Waals surface area contributed by atoms with Crippen molar-refractivity contribution < 1.29 is 5.11 Å². The summed E-state index contributed by atoms with van der Waals surface area (Å²) >= 11 is 1.32. The smallest absolute Gasteiger partial charge is 0.180 e. The molecule has 0 saturated heterocycles. The fourth-order valence-corrected chi connectivity index (χ4v) is 2.60. The second-order valence-electron chi connectivity index (χ2n) is 4.84. The number of nitrogen functional groups attached to an aromatic ring is 1. The first-order chi connectivity index (χ1) is 8.56. The van der Waals surface area contributed by atoms with Crippen LogP contribution >= 0.6 is 11.3 Å². The molecule has 3 N–H and O–H groups in total. The van der Waals surface area contributed by atoms with E-state index in [0.717, 1.165) is 16.9 Å². The number of hydrogen-bond donors (Lipinski definition) is 2. The predicted octanol–water partition coefficient (Wildman–Crippen LogP) is 3.01. The van der Waals surface area contributed by atoms with Gasteiger partial charge in [0.2, 0.25) is 0 Å². The summed E-state index contributed by atoms with van der Waals surface area (Å²) in [6, 6.07) is 8.09. The van der Waals surface area contributed by atoms with Crippen molar-refractivity contribution in [1.82, 2.24) is 4.98 Å². The Kier molecular flexibility index (Phi) is 3.99. The summed E-state index contributed by atoms with van der Waals surface area (Å²) in [5.41, 5.74) is 7.75. The number of aliphatic hydroxyl groups excluding tert-OH is 1. The Hall–Kier alpha value is -1.39. The molecule has 1 unspecified atom stereocenters. The first-order valence-corrected chi connectivity index (χ1v) is 6.86. The van der Waals surface area contributed by atoms with Crippen molar-refractivity contribution in [3.8, 4) is 0 Å². The monoisotopic (exact) mass is 262 g/mol. The van der Waals surface area contributed by atoms with Crippen LogP contribution in [0.15, 0.2) is 30.5 Å². The fourth-order valence-electron chi connectivity index (χ4n) is 1.90. The lowest BCUT2D eigenvalue weighted by Gasteiger charge is -2.10. The topological polar surface area (TPSA) is 59.1 Å². The zero-order valence-corrected chi connectivity index (χ0v) is 11.4. The van der Waals surface area contributed by atoms with Crippen molar-refractivity contribution in [3.05, 3.63) is 46.5 Å². The standard InChI is InChI=1S/C14H18N2OS/c1-9(2)7-10-3-5-11(6-4-10)13(17)12-8-16-14(15)18-12/h3-6,8-9,13,17H,7H2,1-2H3,(H2,15,16). The predicted molar refractivity (Wildman–Crippen MR) is 75.6 cm³/mol. The number of benzene rings is 1. The zero-order valence-electron chi connectivity index (χ0n) is 10.6. The molecular weight excluding hydrogens is 244 g/mol. The van der Waals surface area contributed by atoms with Crippen molar-refractivity contribution in [2.45, 2.75) is 26.4 Å². The van der Waals surface area contributed by atoms with Crippen LogP contribution in [0.1, 0.15) is 36.0 Å². The lowest BCUT2D eigenvalue weighted by Crippen LogP contribution is -1.99. The number of aromatic nitrogens is 1. The van der Waals surface area contributed by atoms with Gasteiger partial charge in [-0.15, -0.1) is 0 Å². The highest BCUT2D eigenvalue weighted by Crippen LogP contribution is 2.28. The summed E-state index contributed by atoms with van der Waals surface area (Å²) in [4.78, 5) is 4.74. The summed E-state index contributed by atoms with van der Waals surface area (Å²) in [5.74, 6) is 0.641. The third-order valence-electron chi connectivity index (χ3n) is 2.75. The van der Waals surface area contributed by atoms with Gasteiger partial charge in [0.1, 0.15) is 6.10 Å². The minimum Gasteiger partial charge on any atom is -0.383 e. The molecule has 0 spiro atoms. The fraction of sp³-hybridized carbons (Fsp3) is 0.357. The van der Waals surface area contributed by atoms with E-state index in [9.17, 15) is 5.11 Å². The third-order valence-corrected chi connectivity index (χ3v) is 3.63. The van der Waals surface area contributed by atoms with Gasteiger partial charge in [-0.25, -0.2) is 4.98 Å². The van der Waals surface area contributed by atoms with E-state index < -0.39 is 6.10 Å². The Morgan fingerprint density at radius 1 is 1.28 bits per heavy atom. The Bertz CT molecular complexity index is 505. The van der Waals surface area contributed by atoms with Gasteiger partial charge in [-0.3, -0.25) is 0 Å². The molecule has 0 bridgehead atoms. The molecule has 0 fully saturated rings. The van der Waals surface area contributed by atoms with Crippen LogP contribution in [0.25, 0.3) is 0 Å². The summed E-state index contributed by atoms with van der Waals surface area (Å²) in [7, 11) is 0. The van der Waals surface area contributed by atoms with E-state index in [1.165, 1.54) is 16.9 Å². The van der Waals surface area contributed by atoms with Gasteiger partial charge in [-0.1, -0.05) is 49.4 Å². The van der Waals surface area contributed by atoms with E-state index in [-0.39, 0.29) is 0 Å². The van der Waals surface area contributed by atoms with Crippen LogP contribution in [0.2, 0.25) is 0 Å². The number of rotatable bonds is 4. The number of nitrogens with two attached hydrogens (primary N) is 1. The molecule has 96 valence electrons. The Labute approximate surface area is 111 Å². The molecule has 0 saturated carbocycles. The summed E-state index contributed by atoms with van der Waals surface area (Å²) in [6.45, 7) is 4.39. The normalized spacial score (nSPS) is 12.9. The van der Waals surface area contributed by atoms with Crippen LogP contribution in [0.4, 0.5) is 5.13 Å². The van der Waals surface area contributed by atoms with Crippen LogP contribution in [-0.4, -0.2) is 10.1 Å². The number of anilines is 1. The SMILES string of the molecule is CC(C)Cc1ccc(C(O)c2cnc(N)s2)cc1. The van der Waals surface area contributed by atoms with Crippen molar-refractivity contribution in [2.75, 3.05) is 5.73 Å². The molecule has 3 nitrogen and oxygen atoms in total. The Morgan fingerprint density at radius 3 is 2.44 bits per heavy atom. The van der Waals surface area contributed by atoms with E-state index in [0.29, 0.717) is 11.0 Å². The second-order valence-corrected chi connectivity index (χ2v) is 5.94. The van der Waals surface area contributed by atoms with E-state index in [4.69, 9.17) is 5.73 Å². The Morgan fingerprint density at radius 2 is 1.94 bits per heavy atom. The van der Waals surface area contributed by atoms with Gasteiger partial charge >= 0.3 is 0 Å². The number of hydrogen-bond acceptors (Lipinski definition) is 4. The van der Waals surface area contributed by atoms with Crippen LogP contribution < -0.4 is 5.73 Å². The average Bonchev–Trinajstić information content (AvgIpc) is 2.75. The molecule has 1 aromatic heterocycles. The molecular formula is C14H18N2OS. The molecule has 0 radical (unpaired) electrons. The molecule has 4 heteroatoms. The first-order valence-electron chi connectivity index (χ1n) is 6.04. The van der Waals surface area contributed by atoms with Gasteiger partial charge in [-0.05, 0) is 23.5 Å². The molecule has 1 atom stereocenters. The van der Waals surface area contributed by atoms with Crippen molar-refractivity contribution in [1.29, 1.82) is 0 Å². The van der Waals surface area contributed by atoms with Gasteiger partial charge in [0.25, 0.3) is 0 Å². The zero-order chi connectivity index (χ0) is 13.1. The highest BCUT2D eigenvalue weighted by molar-refractivity contribution is 7.15. The third kappa shape index (κ3) is 3.09. The first kappa shape index (κ1) is 13.1. The molecule has 0 aliphatic rings. The maximum Gasteiger partial charge on any atom is 0.180 e. The highest BCUT2D eigenvalue weighted by Gasteiger charge is 2.13. The molecule has 1 heterocycles. The minimum atomic E-state index is -0.632. The quantitative estimate of drug-likeness (QED) is 0.890. The minimum absolute atomic E-state index is 0.487. The molecule has 2 aromatic rings. The van der Waals surface area contributed by atoms with E-state index in [1.807, 2.05) is 12.1 Å². The second kappa shape index (κ2) is 5.50. The maximum atomic E-state index is 10.2. The van der Waals surface area contributed by atoms with E-state index >= 15 is 0 Å². The van der Waals surface area contributed by atoms with Gasteiger partial charge in [0, 0.05) is 6.20 Å². The van der Waals surface area contributed by atoms with Crippen LogP contribution in [0.3, 0.4) is 0 Å². The largest absolute Gasteiger partial charge is 0.383 e. The molecule has 18 heavy (non-hydrogen) atoms. The van der Waals surface area contributed by atoms with E-state index in [2.05, 4.69) is 31.0 Å². The lowest BCUT2D eigenvalue weighted by molar-refractivity contribution is 0.224. The molecule has 0 aliphatic carbocycles. The average molecular weight is 262 g/mol. The van der Waals surface area contributed by atoms with Crippen LogP contribution in [-0.2, 0) is 6.42 Å². The summed E-state index contributed by atoms with van der Waals surface area (Å²) in [5, 5.41) is 10.7. The van der Waals surface area contributed by atoms with Gasteiger partial charge < -0.3 is 10.8 Å². The van der Waals surface area contributed by atoms with Gasteiger partial charge in [-0.2, -0.15) is 0 Å². The molecule has 1 aromatic carbocycles. The van der Waals surface area contributed by atoms with Crippen LogP contribution in [0.5, 0.6) is 0 Å². The lowest BCUT2D eigenvalue weighted by atomic mass is 10.00. The van der Waals surface area contributed by atoms with Crippen LogP contribution in [0, 0.1) is 5.92 Å². The highest BCUT2D eigenvalue weighted by atomic mass is 32.1. The maximum absolute atomic E-state index is 10.2. The van der Waals surface area contributed by atoms with E-state index in [1.54, 1.807) is 6.20 Å². The van der Waals surface area contributed by atoms with Gasteiger partial charge in [0.05, 0.1) is 4.88 Å². The number of thiazole rings is 1. The number of nitrogens with zero attached hydrogens (tertiary/aromatic N) is 1. The summed E-state index contributed by atoms with van der Waals surface area (Å²) < 4.78 is 0. The van der Waals surface area contributed by atoms with Crippen molar-refractivity contribution in [2.24, 2.45) is 5.92 Å². The molecule has 0 amide bonds. The molecule has 2 rings (SSSR count). The van der Waals surface area contributed by atoms with Gasteiger partial charge in [0.15, 0.2) is 5.13 Å². The Balaban J connectivity index is 2.14. The summed E-state index contributed by atoms with van der Waals surface area (Å²) in [6.07, 6.45) is 2.06. The van der Waals surface area contributed by atoms with Crippen molar-refractivity contribution >= 4 is 16.5 Å².